The lowest BCUT2D eigenvalue weighted by atomic mass is 10.1. The molecule has 1 heterocycles. The van der Waals surface area contributed by atoms with E-state index in [0.29, 0.717) is 47.2 Å². The van der Waals surface area contributed by atoms with E-state index in [1.807, 2.05) is 12.1 Å². The van der Waals surface area contributed by atoms with Crippen molar-refractivity contribution >= 4 is 36.0 Å². The third-order valence-corrected chi connectivity index (χ3v) is 4.81. The lowest BCUT2D eigenvalue weighted by Crippen LogP contribution is -2.50. The molecule has 4 nitrogen and oxygen atoms in total. The van der Waals surface area contributed by atoms with Crippen molar-refractivity contribution in [2.45, 2.75) is 4.90 Å². The fraction of sp³-hybridized carbons (Fsp3) is 0.222. The van der Waals surface area contributed by atoms with Crippen LogP contribution < -0.4 is 0 Å². The Bertz CT molecular complexity index is 708. The molecule has 1 fully saturated rings. The van der Waals surface area contributed by atoms with Gasteiger partial charge in [0.25, 0.3) is 11.8 Å². The summed E-state index contributed by atoms with van der Waals surface area (Å²) in [6.45, 7) is 1.98. The van der Waals surface area contributed by atoms with E-state index in [-0.39, 0.29) is 11.8 Å². The van der Waals surface area contributed by atoms with E-state index in [4.69, 9.17) is 11.6 Å². The molecule has 0 atom stereocenters. The summed E-state index contributed by atoms with van der Waals surface area (Å²) < 4.78 is 0. The van der Waals surface area contributed by atoms with Crippen LogP contribution in [0.25, 0.3) is 0 Å². The molecule has 0 unspecified atom stereocenters. The Labute approximate surface area is 151 Å². The molecule has 0 aliphatic carbocycles. The number of hydrogen-bond donors (Lipinski definition) is 1. The van der Waals surface area contributed by atoms with Gasteiger partial charge in [0, 0.05) is 31.1 Å². The third kappa shape index (κ3) is 3.42. The van der Waals surface area contributed by atoms with Crippen LogP contribution in [0.4, 0.5) is 0 Å². The van der Waals surface area contributed by atoms with Crippen molar-refractivity contribution in [2.24, 2.45) is 0 Å². The van der Waals surface area contributed by atoms with Crippen LogP contribution in [0.3, 0.4) is 0 Å². The molecule has 1 aliphatic heterocycles. The minimum Gasteiger partial charge on any atom is -0.335 e. The van der Waals surface area contributed by atoms with Crippen LogP contribution in [0.1, 0.15) is 20.7 Å². The fourth-order valence-electron chi connectivity index (χ4n) is 2.74. The molecule has 0 spiro atoms. The predicted molar refractivity (Wildman–Crippen MR) is 97.0 cm³/mol. The topological polar surface area (TPSA) is 40.6 Å². The summed E-state index contributed by atoms with van der Waals surface area (Å²) in [7, 11) is 0. The quantitative estimate of drug-likeness (QED) is 0.835. The number of hydrogen-bond acceptors (Lipinski definition) is 3. The largest absolute Gasteiger partial charge is 0.335 e. The molecule has 124 valence electrons. The molecule has 1 saturated heterocycles. The summed E-state index contributed by atoms with van der Waals surface area (Å²) >= 11 is 10.4. The Hall–Kier alpha value is -1.98. The van der Waals surface area contributed by atoms with Crippen molar-refractivity contribution in [3.8, 4) is 0 Å². The number of benzene rings is 2. The highest BCUT2D eigenvalue weighted by Crippen LogP contribution is 2.20. The van der Waals surface area contributed by atoms with Gasteiger partial charge >= 0.3 is 0 Å². The Balaban J connectivity index is 1.66. The van der Waals surface area contributed by atoms with E-state index in [9.17, 15) is 9.59 Å². The van der Waals surface area contributed by atoms with E-state index in [0.717, 1.165) is 0 Å². The monoisotopic (exact) mass is 360 g/mol. The average Bonchev–Trinajstić information content (AvgIpc) is 2.61. The van der Waals surface area contributed by atoms with E-state index in [1.165, 1.54) is 0 Å². The molecule has 0 radical (unpaired) electrons. The van der Waals surface area contributed by atoms with Crippen molar-refractivity contribution in [3.05, 3.63) is 64.7 Å². The molecule has 0 saturated carbocycles. The minimum atomic E-state index is -0.0951. The Morgan fingerprint density at radius 1 is 0.792 bits per heavy atom. The van der Waals surface area contributed by atoms with Gasteiger partial charge < -0.3 is 9.80 Å². The molecule has 0 N–H and O–H groups in total. The normalized spacial score (nSPS) is 14.6. The summed E-state index contributed by atoms with van der Waals surface area (Å²) in [5.74, 6) is -0.146. The second-order valence-electron chi connectivity index (χ2n) is 5.58. The molecule has 2 amide bonds. The fourth-order valence-corrected chi connectivity index (χ4v) is 3.22. The van der Waals surface area contributed by atoms with Gasteiger partial charge in [0.2, 0.25) is 0 Å². The Morgan fingerprint density at radius 3 is 1.79 bits per heavy atom. The average molecular weight is 361 g/mol. The van der Waals surface area contributed by atoms with E-state index in [2.05, 4.69) is 12.6 Å². The molecule has 3 rings (SSSR count). The van der Waals surface area contributed by atoms with Gasteiger partial charge in [-0.25, -0.2) is 0 Å². The molecular formula is C18H17ClN2O2S. The maximum absolute atomic E-state index is 12.6. The van der Waals surface area contributed by atoms with Gasteiger partial charge in [-0.3, -0.25) is 9.59 Å². The second-order valence-corrected chi connectivity index (χ2v) is 6.47. The highest BCUT2D eigenvalue weighted by molar-refractivity contribution is 7.80. The van der Waals surface area contributed by atoms with Gasteiger partial charge in [-0.05, 0) is 24.3 Å². The number of carbonyl (C=O) groups excluding carboxylic acids is 2. The van der Waals surface area contributed by atoms with Crippen molar-refractivity contribution < 1.29 is 9.59 Å². The number of amides is 2. The molecule has 2 aromatic carbocycles. The van der Waals surface area contributed by atoms with Crippen molar-refractivity contribution in [3.63, 3.8) is 0 Å². The summed E-state index contributed by atoms with van der Waals surface area (Å²) in [6.07, 6.45) is 0. The van der Waals surface area contributed by atoms with Gasteiger partial charge in [0.15, 0.2) is 0 Å². The molecule has 0 aromatic heterocycles. The molecule has 0 bridgehead atoms. The lowest BCUT2D eigenvalue weighted by molar-refractivity contribution is 0.0533. The van der Waals surface area contributed by atoms with Crippen LogP contribution in [0.5, 0.6) is 0 Å². The van der Waals surface area contributed by atoms with Gasteiger partial charge in [-0.1, -0.05) is 35.9 Å². The van der Waals surface area contributed by atoms with Crippen LogP contribution in [-0.2, 0) is 0 Å². The van der Waals surface area contributed by atoms with Gasteiger partial charge in [-0.15, -0.1) is 12.6 Å². The van der Waals surface area contributed by atoms with Gasteiger partial charge in [0.05, 0.1) is 16.1 Å². The first-order chi connectivity index (χ1) is 11.6. The Morgan fingerprint density at radius 2 is 1.25 bits per heavy atom. The molecule has 24 heavy (non-hydrogen) atoms. The van der Waals surface area contributed by atoms with Gasteiger partial charge in [0.1, 0.15) is 0 Å². The lowest BCUT2D eigenvalue weighted by Gasteiger charge is -2.35. The predicted octanol–water partition coefficient (Wildman–Crippen LogP) is 3.23. The van der Waals surface area contributed by atoms with E-state index < -0.39 is 0 Å². The highest BCUT2D eigenvalue weighted by atomic mass is 35.5. The summed E-state index contributed by atoms with van der Waals surface area (Å²) in [5.41, 5.74) is 1.09. The maximum atomic E-state index is 12.6. The first-order valence-corrected chi connectivity index (χ1v) is 8.51. The third-order valence-electron chi connectivity index (χ3n) is 4.09. The van der Waals surface area contributed by atoms with Crippen LogP contribution in [-0.4, -0.2) is 47.8 Å². The molecule has 2 aromatic rings. The number of rotatable bonds is 2. The summed E-state index contributed by atoms with van der Waals surface area (Å²) in [4.78, 5) is 29.3. The van der Waals surface area contributed by atoms with E-state index >= 15 is 0 Å². The number of carbonyl (C=O) groups is 2. The standard InChI is InChI=1S/C18H17ClN2O2S/c19-15-7-3-1-5-13(15)17(22)20-9-11-21(12-10-20)18(23)14-6-2-4-8-16(14)24/h1-8,24H,9-12H2. The zero-order valence-electron chi connectivity index (χ0n) is 13.0. The van der Waals surface area contributed by atoms with Crippen molar-refractivity contribution in [1.29, 1.82) is 0 Å². The van der Waals surface area contributed by atoms with Gasteiger partial charge in [-0.2, -0.15) is 0 Å². The van der Waals surface area contributed by atoms with Crippen molar-refractivity contribution in [1.82, 2.24) is 9.80 Å². The zero-order chi connectivity index (χ0) is 17.1. The SMILES string of the molecule is O=C(c1ccccc1S)N1CCN(C(=O)c2ccccc2Cl)CC1. The highest BCUT2D eigenvalue weighted by Gasteiger charge is 2.26. The number of nitrogens with zero attached hydrogens (tertiary/aromatic N) is 2. The maximum Gasteiger partial charge on any atom is 0.255 e. The number of thiol groups is 1. The summed E-state index contributed by atoms with van der Waals surface area (Å²) in [5, 5.41) is 0.449. The van der Waals surface area contributed by atoms with Crippen LogP contribution in [0.2, 0.25) is 5.02 Å². The first-order valence-electron chi connectivity index (χ1n) is 7.69. The smallest absolute Gasteiger partial charge is 0.255 e. The first kappa shape index (κ1) is 16.9. The Kier molecular flexibility index (Phi) is 5.11. The number of piperazine rings is 1. The van der Waals surface area contributed by atoms with Crippen LogP contribution in [0.15, 0.2) is 53.4 Å². The number of halogens is 1. The van der Waals surface area contributed by atoms with Crippen LogP contribution >= 0.6 is 24.2 Å². The summed E-state index contributed by atoms with van der Waals surface area (Å²) in [6, 6.07) is 14.3. The molecular weight excluding hydrogens is 344 g/mol. The van der Waals surface area contributed by atoms with E-state index in [1.54, 1.807) is 46.2 Å². The minimum absolute atomic E-state index is 0.0505. The zero-order valence-corrected chi connectivity index (χ0v) is 14.6. The second kappa shape index (κ2) is 7.28. The van der Waals surface area contributed by atoms with Crippen molar-refractivity contribution in [2.75, 3.05) is 26.2 Å². The molecule has 1 aliphatic rings. The molecule has 6 heteroatoms. The van der Waals surface area contributed by atoms with Crippen LogP contribution in [0, 0.1) is 0 Å².